The summed E-state index contributed by atoms with van der Waals surface area (Å²) in [6.45, 7) is 18.6. The van der Waals surface area contributed by atoms with Crippen LogP contribution < -0.4 is 0 Å². The lowest BCUT2D eigenvalue weighted by Gasteiger charge is -2.20. The molecule has 0 heteroatoms. The largest absolute Gasteiger partial charge is 0.0648 e. The summed E-state index contributed by atoms with van der Waals surface area (Å²) >= 11 is 0. The summed E-state index contributed by atoms with van der Waals surface area (Å²) in [7, 11) is 0. The van der Waals surface area contributed by atoms with Crippen LogP contribution in [0.4, 0.5) is 0 Å². The molecular formula is C28H42. The Morgan fingerprint density at radius 2 is 0.643 bits per heavy atom. The molecule has 0 fully saturated rings. The van der Waals surface area contributed by atoms with Crippen LogP contribution in [0.25, 0.3) is 11.1 Å². The van der Waals surface area contributed by atoms with Gasteiger partial charge in [-0.3, -0.25) is 0 Å². The van der Waals surface area contributed by atoms with E-state index in [1.54, 1.807) is 0 Å². The SMILES string of the molecule is CCC(C)c1cc(-c2cc(C(C)CC)cc(C(C)CC)c2)cc(C(C)CC)c1. The molecule has 0 radical (unpaired) electrons. The molecule has 0 spiro atoms. The van der Waals surface area contributed by atoms with Gasteiger partial charge in [-0.25, -0.2) is 0 Å². The monoisotopic (exact) mass is 378 g/mol. The molecular weight excluding hydrogens is 336 g/mol. The van der Waals surface area contributed by atoms with E-state index in [1.165, 1.54) is 59.1 Å². The first kappa shape index (κ1) is 22.7. The standard InChI is InChI=1S/C28H42/c1-9-19(5)23-13-24(20(6)10-2)16-27(15-23)28-17-25(21(7)11-3)14-26(18-28)22(8)12-4/h13-22H,9-12H2,1-8H3. The second kappa shape index (κ2) is 10.3. The van der Waals surface area contributed by atoms with Gasteiger partial charge in [0.2, 0.25) is 0 Å². The van der Waals surface area contributed by atoms with E-state index in [9.17, 15) is 0 Å². The average Bonchev–Trinajstić information content (AvgIpc) is 2.75. The molecule has 0 N–H and O–H groups in total. The lowest BCUT2D eigenvalue weighted by Crippen LogP contribution is -2.01. The van der Waals surface area contributed by atoms with E-state index in [1.807, 2.05) is 0 Å². The van der Waals surface area contributed by atoms with E-state index in [2.05, 4.69) is 91.8 Å². The zero-order valence-corrected chi connectivity index (χ0v) is 19.6. The Labute approximate surface area is 174 Å². The first-order chi connectivity index (χ1) is 13.3. The van der Waals surface area contributed by atoms with E-state index in [4.69, 9.17) is 0 Å². The predicted molar refractivity (Wildman–Crippen MR) is 127 cm³/mol. The van der Waals surface area contributed by atoms with Crippen LogP contribution in [-0.2, 0) is 0 Å². The summed E-state index contributed by atoms with van der Waals surface area (Å²) in [5.74, 6) is 2.42. The van der Waals surface area contributed by atoms with Crippen LogP contribution in [0.5, 0.6) is 0 Å². The zero-order valence-electron chi connectivity index (χ0n) is 19.6. The Hall–Kier alpha value is -1.56. The predicted octanol–water partition coefficient (Wildman–Crippen LogP) is 9.41. The smallest absolute Gasteiger partial charge is 0.0178 e. The van der Waals surface area contributed by atoms with Gasteiger partial charge in [0.1, 0.15) is 0 Å². The molecule has 154 valence electrons. The van der Waals surface area contributed by atoms with Crippen molar-refractivity contribution >= 4 is 0 Å². The molecule has 0 heterocycles. The van der Waals surface area contributed by atoms with Crippen molar-refractivity contribution in [2.75, 3.05) is 0 Å². The van der Waals surface area contributed by atoms with Crippen molar-refractivity contribution < 1.29 is 0 Å². The molecule has 4 atom stereocenters. The van der Waals surface area contributed by atoms with Gasteiger partial charge in [0, 0.05) is 0 Å². The highest BCUT2D eigenvalue weighted by molar-refractivity contribution is 5.68. The molecule has 0 amide bonds. The normalized spacial score (nSPS) is 15.9. The second-order valence-corrected chi connectivity index (χ2v) is 9.01. The van der Waals surface area contributed by atoms with Crippen molar-refractivity contribution in [2.45, 2.75) is 105 Å². The van der Waals surface area contributed by atoms with E-state index in [0.717, 1.165) is 0 Å². The van der Waals surface area contributed by atoms with Crippen LogP contribution in [0.15, 0.2) is 36.4 Å². The summed E-state index contributed by atoms with van der Waals surface area (Å²) in [6, 6.07) is 14.7. The Kier molecular flexibility index (Phi) is 8.35. The highest BCUT2D eigenvalue weighted by atomic mass is 14.2. The van der Waals surface area contributed by atoms with Crippen molar-refractivity contribution in [1.29, 1.82) is 0 Å². The fourth-order valence-electron chi connectivity index (χ4n) is 3.77. The van der Waals surface area contributed by atoms with Crippen LogP contribution in [0, 0.1) is 0 Å². The molecule has 2 aromatic carbocycles. The summed E-state index contributed by atoms with van der Waals surface area (Å²) in [5.41, 5.74) is 8.79. The van der Waals surface area contributed by atoms with Crippen LogP contribution in [-0.4, -0.2) is 0 Å². The van der Waals surface area contributed by atoms with Crippen molar-refractivity contribution in [3.63, 3.8) is 0 Å². The van der Waals surface area contributed by atoms with Crippen LogP contribution in [0.2, 0.25) is 0 Å². The molecule has 2 aromatic rings. The molecule has 0 aromatic heterocycles. The molecule has 28 heavy (non-hydrogen) atoms. The maximum Gasteiger partial charge on any atom is -0.0178 e. The minimum absolute atomic E-state index is 0.606. The molecule has 0 saturated carbocycles. The molecule has 0 bridgehead atoms. The highest BCUT2D eigenvalue weighted by Gasteiger charge is 2.15. The Morgan fingerprint density at radius 3 is 0.821 bits per heavy atom. The van der Waals surface area contributed by atoms with Crippen LogP contribution >= 0.6 is 0 Å². The lowest BCUT2D eigenvalue weighted by atomic mass is 9.85. The summed E-state index contributed by atoms with van der Waals surface area (Å²) in [5, 5.41) is 0. The van der Waals surface area contributed by atoms with Gasteiger partial charge >= 0.3 is 0 Å². The molecule has 0 saturated heterocycles. The number of hydrogen-bond acceptors (Lipinski definition) is 0. The van der Waals surface area contributed by atoms with E-state index < -0.39 is 0 Å². The van der Waals surface area contributed by atoms with Crippen molar-refractivity contribution in [2.24, 2.45) is 0 Å². The number of benzene rings is 2. The topological polar surface area (TPSA) is 0 Å². The van der Waals surface area contributed by atoms with E-state index in [0.29, 0.717) is 23.7 Å². The van der Waals surface area contributed by atoms with Gasteiger partial charge in [-0.2, -0.15) is 0 Å². The maximum atomic E-state index is 2.46. The Bertz CT molecular complexity index is 633. The molecule has 0 aliphatic rings. The fraction of sp³-hybridized carbons (Fsp3) is 0.571. The minimum Gasteiger partial charge on any atom is -0.0648 e. The van der Waals surface area contributed by atoms with Crippen molar-refractivity contribution in [3.8, 4) is 11.1 Å². The van der Waals surface area contributed by atoms with Gasteiger partial charge in [-0.1, -0.05) is 91.8 Å². The van der Waals surface area contributed by atoms with Gasteiger partial charge in [0.05, 0.1) is 0 Å². The van der Waals surface area contributed by atoms with E-state index in [-0.39, 0.29) is 0 Å². The quantitative estimate of drug-likeness (QED) is 0.407. The molecule has 0 aliphatic carbocycles. The van der Waals surface area contributed by atoms with E-state index >= 15 is 0 Å². The van der Waals surface area contributed by atoms with Crippen molar-refractivity contribution in [1.82, 2.24) is 0 Å². The molecule has 0 aliphatic heterocycles. The fourth-order valence-corrected chi connectivity index (χ4v) is 3.77. The van der Waals surface area contributed by atoms with Gasteiger partial charge in [0.15, 0.2) is 0 Å². The number of hydrogen-bond donors (Lipinski definition) is 0. The first-order valence-corrected chi connectivity index (χ1v) is 11.6. The average molecular weight is 379 g/mol. The van der Waals surface area contributed by atoms with Crippen LogP contribution in [0.1, 0.15) is 127 Å². The van der Waals surface area contributed by atoms with Crippen LogP contribution in [0.3, 0.4) is 0 Å². The summed E-state index contributed by atoms with van der Waals surface area (Å²) in [4.78, 5) is 0. The number of rotatable bonds is 9. The van der Waals surface area contributed by atoms with Gasteiger partial charge in [-0.15, -0.1) is 0 Å². The lowest BCUT2D eigenvalue weighted by molar-refractivity contribution is 0.709. The minimum atomic E-state index is 0.606. The first-order valence-electron chi connectivity index (χ1n) is 11.6. The third-order valence-corrected chi connectivity index (χ3v) is 7.01. The molecule has 4 unspecified atom stereocenters. The third kappa shape index (κ3) is 5.28. The maximum absolute atomic E-state index is 2.46. The van der Waals surface area contributed by atoms with Gasteiger partial charge in [-0.05, 0) is 82.7 Å². The Balaban J connectivity index is 2.67. The molecule has 0 nitrogen and oxygen atoms in total. The van der Waals surface area contributed by atoms with Crippen molar-refractivity contribution in [3.05, 3.63) is 58.7 Å². The zero-order chi connectivity index (χ0) is 20.8. The van der Waals surface area contributed by atoms with Gasteiger partial charge < -0.3 is 0 Å². The van der Waals surface area contributed by atoms with Gasteiger partial charge in [0.25, 0.3) is 0 Å². The summed E-state index contributed by atoms with van der Waals surface area (Å²) < 4.78 is 0. The highest BCUT2D eigenvalue weighted by Crippen LogP contribution is 2.35. The molecule has 2 rings (SSSR count). The summed E-state index contributed by atoms with van der Waals surface area (Å²) in [6.07, 6.45) is 4.76. The Morgan fingerprint density at radius 1 is 0.429 bits per heavy atom. The third-order valence-electron chi connectivity index (χ3n) is 7.01. The second-order valence-electron chi connectivity index (χ2n) is 9.01.